The van der Waals surface area contributed by atoms with Crippen LogP contribution in [-0.2, 0) is 17.6 Å². The number of aldehydes is 1. The molecule has 1 aromatic carbocycles. The average molecular weight is 183 g/mol. The fourth-order valence-corrected chi connectivity index (χ4v) is 1.35. The first kappa shape index (κ1) is 9.27. The lowest BCUT2D eigenvalue weighted by atomic mass is 10.1. The zero-order valence-electron chi connectivity index (χ0n) is 7.01. The maximum atomic E-state index is 10.2. The maximum absolute atomic E-state index is 10.2. The van der Waals surface area contributed by atoms with Crippen molar-refractivity contribution in [1.82, 2.24) is 0 Å². The van der Waals surface area contributed by atoms with Gasteiger partial charge in [-0.05, 0) is 23.6 Å². The second kappa shape index (κ2) is 4.27. The molecule has 0 atom stereocenters. The summed E-state index contributed by atoms with van der Waals surface area (Å²) in [5, 5.41) is 0.696. The van der Waals surface area contributed by atoms with Gasteiger partial charge in [0.2, 0.25) is 0 Å². The monoisotopic (exact) mass is 182 g/mol. The summed E-state index contributed by atoms with van der Waals surface area (Å²) in [7, 11) is 0. The summed E-state index contributed by atoms with van der Waals surface area (Å²) in [5.41, 5.74) is 2.11. The molecule has 0 aliphatic heterocycles. The van der Waals surface area contributed by atoms with Gasteiger partial charge in [0.15, 0.2) is 0 Å². The molecule has 0 fully saturated rings. The van der Waals surface area contributed by atoms with Crippen LogP contribution < -0.4 is 0 Å². The fraction of sp³-hybridized carbons (Fsp3) is 0.300. The second-order valence-electron chi connectivity index (χ2n) is 2.65. The van der Waals surface area contributed by atoms with Gasteiger partial charge in [-0.3, -0.25) is 0 Å². The highest BCUT2D eigenvalue weighted by molar-refractivity contribution is 6.31. The average Bonchev–Trinajstić information content (AvgIpc) is 2.09. The van der Waals surface area contributed by atoms with Crippen LogP contribution in [0.15, 0.2) is 18.2 Å². The first-order valence-corrected chi connectivity index (χ1v) is 4.36. The van der Waals surface area contributed by atoms with Gasteiger partial charge in [-0.2, -0.15) is 0 Å². The summed E-state index contributed by atoms with van der Waals surface area (Å²) in [6, 6.07) is 5.83. The van der Waals surface area contributed by atoms with Gasteiger partial charge < -0.3 is 4.79 Å². The molecule has 1 aromatic rings. The number of hydrogen-bond acceptors (Lipinski definition) is 1. The highest BCUT2D eigenvalue weighted by atomic mass is 35.5. The van der Waals surface area contributed by atoms with E-state index in [1.807, 2.05) is 18.2 Å². The Morgan fingerprint density at radius 1 is 1.50 bits per heavy atom. The lowest BCUT2D eigenvalue weighted by Crippen LogP contribution is -1.89. The van der Waals surface area contributed by atoms with Crippen molar-refractivity contribution in [3.63, 3.8) is 0 Å². The SMILES string of the molecule is CCc1ccc(CC=O)c(Cl)c1. The highest BCUT2D eigenvalue weighted by Gasteiger charge is 1.99. The topological polar surface area (TPSA) is 17.1 Å². The number of rotatable bonds is 3. The summed E-state index contributed by atoms with van der Waals surface area (Å²) < 4.78 is 0. The number of aryl methyl sites for hydroxylation is 1. The van der Waals surface area contributed by atoms with E-state index in [2.05, 4.69) is 6.92 Å². The van der Waals surface area contributed by atoms with Gasteiger partial charge in [-0.15, -0.1) is 0 Å². The molecule has 0 aliphatic rings. The zero-order valence-corrected chi connectivity index (χ0v) is 7.77. The van der Waals surface area contributed by atoms with Gasteiger partial charge in [0.05, 0.1) is 0 Å². The molecule has 0 aliphatic carbocycles. The smallest absolute Gasteiger partial charge is 0.124 e. The van der Waals surface area contributed by atoms with Crippen LogP contribution in [0.25, 0.3) is 0 Å². The summed E-state index contributed by atoms with van der Waals surface area (Å²) in [6.45, 7) is 2.07. The molecule has 0 N–H and O–H groups in total. The summed E-state index contributed by atoms with van der Waals surface area (Å²) in [5.74, 6) is 0. The van der Waals surface area contributed by atoms with Crippen LogP contribution in [0.4, 0.5) is 0 Å². The summed E-state index contributed by atoms with van der Waals surface area (Å²) in [4.78, 5) is 10.2. The Balaban J connectivity index is 2.94. The Labute approximate surface area is 77.4 Å². The molecule has 0 amide bonds. The molecule has 12 heavy (non-hydrogen) atoms. The maximum Gasteiger partial charge on any atom is 0.124 e. The Bertz CT molecular complexity index is 281. The van der Waals surface area contributed by atoms with Gasteiger partial charge in [-0.1, -0.05) is 30.7 Å². The Morgan fingerprint density at radius 3 is 2.75 bits per heavy atom. The van der Waals surface area contributed by atoms with Crippen LogP contribution in [-0.4, -0.2) is 6.29 Å². The predicted octanol–water partition coefficient (Wildman–Crippen LogP) is 2.64. The van der Waals surface area contributed by atoms with Crippen LogP contribution in [0, 0.1) is 0 Å². The number of carbonyl (C=O) groups excluding carboxylic acids is 1. The molecule has 0 bridgehead atoms. The summed E-state index contributed by atoms with van der Waals surface area (Å²) in [6.07, 6.45) is 2.25. The number of carbonyl (C=O) groups is 1. The minimum atomic E-state index is 0.406. The largest absolute Gasteiger partial charge is 0.303 e. The molecule has 1 rings (SSSR count). The van der Waals surface area contributed by atoms with Crippen molar-refractivity contribution >= 4 is 17.9 Å². The van der Waals surface area contributed by atoms with Crippen molar-refractivity contribution in [3.8, 4) is 0 Å². The van der Waals surface area contributed by atoms with Crippen molar-refractivity contribution in [3.05, 3.63) is 34.3 Å². The highest BCUT2D eigenvalue weighted by Crippen LogP contribution is 2.18. The van der Waals surface area contributed by atoms with Crippen LogP contribution >= 0.6 is 11.6 Å². The van der Waals surface area contributed by atoms with E-state index in [0.29, 0.717) is 11.4 Å². The molecular weight excluding hydrogens is 172 g/mol. The molecule has 0 saturated carbocycles. The zero-order chi connectivity index (χ0) is 8.97. The molecule has 0 heterocycles. The third-order valence-corrected chi connectivity index (χ3v) is 2.18. The van der Waals surface area contributed by atoms with Crippen LogP contribution in [0.1, 0.15) is 18.1 Å². The standard InChI is InChI=1S/C10H11ClO/c1-2-8-3-4-9(5-6-12)10(11)7-8/h3-4,6-7H,2,5H2,1H3. The molecule has 1 nitrogen and oxygen atoms in total. The van der Waals surface area contributed by atoms with Gasteiger partial charge in [0.25, 0.3) is 0 Å². The van der Waals surface area contributed by atoms with Gasteiger partial charge in [0.1, 0.15) is 6.29 Å². The molecule has 0 aromatic heterocycles. The number of hydrogen-bond donors (Lipinski definition) is 0. The second-order valence-corrected chi connectivity index (χ2v) is 3.06. The quantitative estimate of drug-likeness (QED) is 0.657. The van der Waals surface area contributed by atoms with E-state index in [0.717, 1.165) is 18.3 Å². The summed E-state index contributed by atoms with van der Waals surface area (Å²) >= 11 is 5.93. The molecule has 0 unspecified atom stereocenters. The van der Waals surface area contributed by atoms with Crippen LogP contribution in [0.3, 0.4) is 0 Å². The Kier molecular flexibility index (Phi) is 3.30. The first-order valence-electron chi connectivity index (χ1n) is 3.99. The predicted molar refractivity (Wildman–Crippen MR) is 50.6 cm³/mol. The Hall–Kier alpha value is -0.820. The van der Waals surface area contributed by atoms with Crippen molar-refractivity contribution < 1.29 is 4.79 Å². The van der Waals surface area contributed by atoms with Gasteiger partial charge in [-0.25, -0.2) is 0 Å². The third-order valence-electron chi connectivity index (χ3n) is 1.83. The molecule has 64 valence electrons. The number of benzene rings is 1. The van der Waals surface area contributed by atoms with E-state index in [9.17, 15) is 4.79 Å². The normalized spacial score (nSPS) is 9.83. The third kappa shape index (κ3) is 2.08. The van der Waals surface area contributed by atoms with E-state index in [1.165, 1.54) is 5.56 Å². The molecule has 0 spiro atoms. The van der Waals surface area contributed by atoms with Crippen LogP contribution in [0.5, 0.6) is 0 Å². The van der Waals surface area contributed by atoms with Crippen LogP contribution in [0.2, 0.25) is 5.02 Å². The lowest BCUT2D eigenvalue weighted by molar-refractivity contribution is -0.107. The van der Waals surface area contributed by atoms with E-state index in [4.69, 9.17) is 11.6 Å². The van der Waals surface area contributed by atoms with Crippen molar-refractivity contribution in [2.75, 3.05) is 0 Å². The molecule has 2 heteroatoms. The number of halogens is 1. The van der Waals surface area contributed by atoms with E-state index < -0.39 is 0 Å². The fourth-order valence-electron chi connectivity index (χ4n) is 1.07. The van der Waals surface area contributed by atoms with E-state index >= 15 is 0 Å². The van der Waals surface area contributed by atoms with Crippen molar-refractivity contribution in [1.29, 1.82) is 0 Å². The van der Waals surface area contributed by atoms with Crippen molar-refractivity contribution in [2.45, 2.75) is 19.8 Å². The first-order chi connectivity index (χ1) is 5.77. The van der Waals surface area contributed by atoms with Crippen molar-refractivity contribution in [2.24, 2.45) is 0 Å². The van der Waals surface area contributed by atoms with E-state index in [-0.39, 0.29) is 0 Å². The van der Waals surface area contributed by atoms with E-state index in [1.54, 1.807) is 0 Å². The molecule has 0 radical (unpaired) electrons. The minimum Gasteiger partial charge on any atom is -0.303 e. The molecular formula is C10H11ClO. The Morgan fingerprint density at radius 2 is 2.25 bits per heavy atom. The van der Waals surface area contributed by atoms with Gasteiger partial charge >= 0.3 is 0 Å². The van der Waals surface area contributed by atoms with Gasteiger partial charge in [0, 0.05) is 11.4 Å². The minimum absolute atomic E-state index is 0.406. The lowest BCUT2D eigenvalue weighted by Gasteiger charge is -2.01. The molecule has 0 saturated heterocycles.